The highest BCUT2D eigenvalue weighted by atomic mass is 19.4. The molecule has 2 aromatic carbocycles. The molecule has 0 saturated heterocycles. The molecule has 126 valence electrons. The molecule has 0 bridgehead atoms. The highest BCUT2D eigenvalue weighted by Gasteiger charge is 2.37. The van der Waals surface area contributed by atoms with E-state index < -0.39 is 17.6 Å². The molecular weight excluding hydrogens is 316 g/mol. The van der Waals surface area contributed by atoms with Crippen LogP contribution in [0.3, 0.4) is 0 Å². The second-order valence-electron chi connectivity index (χ2n) is 6.17. The molecule has 2 aromatic rings. The Morgan fingerprint density at radius 2 is 1.54 bits per heavy atom. The van der Waals surface area contributed by atoms with Gasteiger partial charge in [0, 0.05) is 0 Å². The Kier molecular flexibility index (Phi) is 4.48. The average molecular weight is 334 g/mol. The lowest BCUT2D eigenvalue weighted by Crippen LogP contribution is -2.11. The molecule has 1 aliphatic carbocycles. The zero-order chi connectivity index (χ0) is 17.3. The summed E-state index contributed by atoms with van der Waals surface area (Å²) >= 11 is 0. The van der Waals surface area contributed by atoms with Crippen molar-refractivity contribution in [2.45, 2.75) is 38.8 Å². The van der Waals surface area contributed by atoms with Gasteiger partial charge < -0.3 is 0 Å². The predicted molar refractivity (Wildman–Crippen MR) is 88.0 cm³/mol. The first-order chi connectivity index (χ1) is 11.4. The van der Waals surface area contributed by atoms with Crippen LogP contribution in [0.2, 0.25) is 0 Å². The molecule has 0 atom stereocenters. The van der Waals surface area contributed by atoms with Crippen LogP contribution >= 0.6 is 0 Å². The summed E-state index contributed by atoms with van der Waals surface area (Å²) in [5.41, 5.74) is 1.33. The van der Waals surface area contributed by atoms with Crippen LogP contribution < -0.4 is 0 Å². The molecule has 24 heavy (non-hydrogen) atoms. The van der Waals surface area contributed by atoms with Gasteiger partial charge in [0.2, 0.25) is 0 Å². The summed E-state index contributed by atoms with van der Waals surface area (Å²) < 4.78 is 54.0. The summed E-state index contributed by atoms with van der Waals surface area (Å²) in [4.78, 5) is 0. The third kappa shape index (κ3) is 3.23. The van der Waals surface area contributed by atoms with E-state index in [2.05, 4.69) is 6.08 Å². The summed E-state index contributed by atoms with van der Waals surface area (Å²) in [7, 11) is 0. The molecule has 4 heteroatoms. The van der Waals surface area contributed by atoms with Crippen LogP contribution in [0.1, 0.15) is 42.4 Å². The number of allylic oxidation sites excluding steroid dienone is 2. The summed E-state index contributed by atoms with van der Waals surface area (Å²) in [5.74, 6) is -1.20. The maximum Gasteiger partial charge on any atom is 0.419 e. The van der Waals surface area contributed by atoms with Gasteiger partial charge >= 0.3 is 6.18 Å². The standard InChI is InChI=1S/C20H18F4/c1-13-7-12-17(18(19(13)21)20(22,23)24)16-10-8-15(9-11-16)14-5-3-2-4-6-14/h5,7-12H,2-4,6H2,1H3. The number of rotatable bonds is 2. The van der Waals surface area contributed by atoms with Crippen LogP contribution in [0.4, 0.5) is 17.6 Å². The summed E-state index contributed by atoms with van der Waals surface area (Å²) in [5, 5.41) is 0. The molecule has 0 N–H and O–H groups in total. The third-order valence-corrected chi connectivity index (χ3v) is 4.48. The lowest BCUT2D eigenvalue weighted by molar-refractivity contribution is -0.139. The predicted octanol–water partition coefficient (Wildman–Crippen LogP) is 6.78. The maximum atomic E-state index is 14.1. The molecular formula is C20H18F4. The summed E-state index contributed by atoms with van der Waals surface area (Å²) in [6, 6.07) is 9.66. The van der Waals surface area contributed by atoms with Crippen molar-refractivity contribution >= 4 is 5.57 Å². The van der Waals surface area contributed by atoms with Crippen molar-refractivity contribution in [3.8, 4) is 11.1 Å². The van der Waals surface area contributed by atoms with Gasteiger partial charge in [-0.05, 0) is 60.4 Å². The average Bonchev–Trinajstić information content (AvgIpc) is 2.57. The van der Waals surface area contributed by atoms with Gasteiger partial charge in [0.1, 0.15) is 5.82 Å². The molecule has 0 fully saturated rings. The van der Waals surface area contributed by atoms with Gasteiger partial charge in [-0.1, -0.05) is 42.5 Å². The van der Waals surface area contributed by atoms with Gasteiger partial charge in [0.25, 0.3) is 0 Å². The van der Waals surface area contributed by atoms with Crippen LogP contribution in [0.5, 0.6) is 0 Å². The van der Waals surface area contributed by atoms with Gasteiger partial charge in [0.05, 0.1) is 5.56 Å². The Labute approximate surface area is 138 Å². The fraction of sp³-hybridized carbons (Fsp3) is 0.300. The number of aryl methyl sites for hydroxylation is 1. The monoisotopic (exact) mass is 334 g/mol. The van der Waals surface area contributed by atoms with E-state index in [0.717, 1.165) is 24.8 Å². The van der Waals surface area contributed by atoms with E-state index in [-0.39, 0.29) is 11.1 Å². The van der Waals surface area contributed by atoms with Crippen molar-refractivity contribution < 1.29 is 17.6 Å². The summed E-state index contributed by atoms with van der Waals surface area (Å²) in [6.07, 6.45) is 1.81. The molecule has 0 saturated carbocycles. The van der Waals surface area contributed by atoms with Crippen molar-refractivity contribution in [2.24, 2.45) is 0 Å². The van der Waals surface area contributed by atoms with Gasteiger partial charge in [-0.25, -0.2) is 4.39 Å². The normalized spacial score (nSPS) is 15.3. The molecule has 0 nitrogen and oxygen atoms in total. The van der Waals surface area contributed by atoms with Crippen LogP contribution in [-0.2, 0) is 6.18 Å². The lowest BCUT2D eigenvalue weighted by atomic mass is 9.91. The number of halogens is 4. The quantitative estimate of drug-likeness (QED) is 0.531. The molecule has 0 unspecified atom stereocenters. The van der Waals surface area contributed by atoms with Gasteiger partial charge in [-0.2, -0.15) is 13.2 Å². The minimum atomic E-state index is -4.73. The van der Waals surface area contributed by atoms with Crippen molar-refractivity contribution in [1.29, 1.82) is 0 Å². The van der Waals surface area contributed by atoms with Crippen molar-refractivity contribution in [1.82, 2.24) is 0 Å². The number of alkyl halides is 3. The largest absolute Gasteiger partial charge is 0.419 e. The zero-order valence-electron chi connectivity index (χ0n) is 13.4. The number of hydrogen-bond acceptors (Lipinski definition) is 0. The molecule has 0 spiro atoms. The van der Waals surface area contributed by atoms with E-state index in [0.29, 0.717) is 5.56 Å². The highest BCUT2D eigenvalue weighted by Crippen LogP contribution is 2.40. The number of hydrogen-bond donors (Lipinski definition) is 0. The van der Waals surface area contributed by atoms with E-state index in [1.165, 1.54) is 31.1 Å². The third-order valence-electron chi connectivity index (χ3n) is 4.48. The second-order valence-corrected chi connectivity index (χ2v) is 6.17. The fourth-order valence-electron chi connectivity index (χ4n) is 3.16. The Hall–Kier alpha value is -2.10. The topological polar surface area (TPSA) is 0 Å². The first-order valence-electron chi connectivity index (χ1n) is 8.04. The number of benzene rings is 2. The molecule has 0 amide bonds. The van der Waals surface area contributed by atoms with E-state index in [9.17, 15) is 17.6 Å². The SMILES string of the molecule is Cc1ccc(-c2ccc(C3=CCCCC3)cc2)c(C(F)(F)F)c1F. The lowest BCUT2D eigenvalue weighted by Gasteiger charge is -2.17. The van der Waals surface area contributed by atoms with E-state index in [1.54, 1.807) is 12.1 Å². The van der Waals surface area contributed by atoms with E-state index in [4.69, 9.17) is 0 Å². The Morgan fingerprint density at radius 3 is 2.12 bits per heavy atom. The minimum Gasteiger partial charge on any atom is -0.206 e. The van der Waals surface area contributed by atoms with Crippen LogP contribution in [-0.4, -0.2) is 0 Å². The molecule has 0 aromatic heterocycles. The zero-order valence-corrected chi connectivity index (χ0v) is 13.4. The smallest absolute Gasteiger partial charge is 0.206 e. The fourth-order valence-corrected chi connectivity index (χ4v) is 3.16. The first-order valence-corrected chi connectivity index (χ1v) is 8.04. The highest BCUT2D eigenvalue weighted by molar-refractivity contribution is 5.73. The summed E-state index contributed by atoms with van der Waals surface area (Å²) in [6.45, 7) is 1.34. The van der Waals surface area contributed by atoms with Crippen LogP contribution in [0.25, 0.3) is 16.7 Å². The Morgan fingerprint density at radius 1 is 0.875 bits per heavy atom. The molecule has 1 aliphatic rings. The van der Waals surface area contributed by atoms with Gasteiger partial charge in [0.15, 0.2) is 0 Å². The van der Waals surface area contributed by atoms with Crippen LogP contribution in [0, 0.1) is 12.7 Å². The Bertz CT molecular complexity index is 767. The van der Waals surface area contributed by atoms with E-state index in [1.807, 2.05) is 12.1 Å². The minimum absolute atomic E-state index is 0.00458. The molecule has 0 radical (unpaired) electrons. The van der Waals surface area contributed by atoms with Crippen molar-refractivity contribution in [2.75, 3.05) is 0 Å². The molecule has 3 rings (SSSR count). The van der Waals surface area contributed by atoms with Gasteiger partial charge in [-0.15, -0.1) is 0 Å². The first kappa shape index (κ1) is 16.7. The Balaban J connectivity index is 2.04. The van der Waals surface area contributed by atoms with Crippen molar-refractivity contribution in [3.05, 3.63) is 65.0 Å². The maximum absolute atomic E-state index is 14.1. The van der Waals surface area contributed by atoms with Gasteiger partial charge in [-0.3, -0.25) is 0 Å². The van der Waals surface area contributed by atoms with E-state index >= 15 is 0 Å². The molecule has 0 aliphatic heterocycles. The van der Waals surface area contributed by atoms with Crippen LogP contribution in [0.15, 0.2) is 42.5 Å². The van der Waals surface area contributed by atoms with Crippen molar-refractivity contribution in [3.63, 3.8) is 0 Å². The second kappa shape index (κ2) is 6.42. The molecule has 0 heterocycles.